The third-order valence-electron chi connectivity index (χ3n) is 5.59. The summed E-state index contributed by atoms with van der Waals surface area (Å²) in [5, 5.41) is 3.07. The average Bonchev–Trinajstić information content (AvgIpc) is 2.41. The summed E-state index contributed by atoms with van der Waals surface area (Å²) in [7, 11) is 1.40. The molecule has 0 radical (unpaired) electrons. The number of hydrogen-bond acceptors (Lipinski definition) is 3. The third-order valence-corrected chi connectivity index (χ3v) is 5.59. The van der Waals surface area contributed by atoms with E-state index >= 15 is 0 Å². The molecule has 4 nitrogen and oxygen atoms in total. The molecular formula is C16H25NO3. The molecule has 0 aliphatic heterocycles. The average molecular weight is 279 g/mol. The summed E-state index contributed by atoms with van der Waals surface area (Å²) in [6, 6.07) is 0. The first-order valence-corrected chi connectivity index (χ1v) is 7.96. The molecule has 1 amide bonds. The van der Waals surface area contributed by atoms with Crippen LogP contribution >= 0.6 is 0 Å². The Bertz CT molecular complexity index is 369. The van der Waals surface area contributed by atoms with E-state index in [0.29, 0.717) is 19.4 Å². The van der Waals surface area contributed by atoms with Gasteiger partial charge in [-0.25, -0.2) is 0 Å². The number of rotatable bonds is 5. The molecule has 4 aliphatic carbocycles. The van der Waals surface area contributed by atoms with Gasteiger partial charge in [0.25, 0.3) is 0 Å². The van der Waals surface area contributed by atoms with Crippen LogP contribution in [0.4, 0.5) is 0 Å². The predicted octanol–water partition coefficient (Wildman–Crippen LogP) is 2.27. The van der Waals surface area contributed by atoms with Gasteiger partial charge in [-0.05, 0) is 62.7 Å². The molecule has 4 bridgehead atoms. The molecule has 4 aliphatic rings. The number of amides is 1. The maximum atomic E-state index is 12.6. The molecule has 4 rings (SSSR count). The summed E-state index contributed by atoms with van der Waals surface area (Å²) in [6.07, 6.45) is 8.42. The first-order valence-electron chi connectivity index (χ1n) is 7.96. The topological polar surface area (TPSA) is 55.4 Å². The summed E-state index contributed by atoms with van der Waals surface area (Å²) < 4.78 is 4.61. The Morgan fingerprint density at radius 1 is 1.10 bits per heavy atom. The van der Waals surface area contributed by atoms with Crippen molar-refractivity contribution >= 4 is 11.9 Å². The molecule has 1 N–H and O–H groups in total. The maximum absolute atomic E-state index is 12.6. The smallest absolute Gasteiger partial charge is 0.305 e. The van der Waals surface area contributed by atoms with E-state index in [0.717, 1.165) is 37.0 Å². The minimum absolute atomic E-state index is 0.0694. The summed E-state index contributed by atoms with van der Waals surface area (Å²) in [5.74, 6) is 2.43. The highest BCUT2D eigenvalue weighted by atomic mass is 16.5. The number of esters is 1. The van der Waals surface area contributed by atoms with E-state index in [4.69, 9.17) is 0 Å². The second kappa shape index (κ2) is 5.38. The summed E-state index contributed by atoms with van der Waals surface area (Å²) in [6.45, 7) is 0.593. The fourth-order valence-corrected chi connectivity index (χ4v) is 5.11. The van der Waals surface area contributed by atoms with Gasteiger partial charge in [-0.1, -0.05) is 0 Å². The van der Waals surface area contributed by atoms with Crippen molar-refractivity contribution in [2.24, 2.45) is 23.2 Å². The van der Waals surface area contributed by atoms with E-state index in [9.17, 15) is 9.59 Å². The van der Waals surface area contributed by atoms with Crippen molar-refractivity contribution in [3.8, 4) is 0 Å². The zero-order valence-electron chi connectivity index (χ0n) is 12.3. The molecule has 0 heterocycles. The maximum Gasteiger partial charge on any atom is 0.305 e. The van der Waals surface area contributed by atoms with Crippen LogP contribution in [0.2, 0.25) is 0 Å². The molecule has 112 valence electrons. The molecule has 0 unspecified atom stereocenters. The Labute approximate surface area is 120 Å². The van der Waals surface area contributed by atoms with Crippen molar-refractivity contribution in [2.75, 3.05) is 13.7 Å². The number of methoxy groups -OCH3 is 1. The first-order chi connectivity index (χ1) is 9.61. The minimum Gasteiger partial charge on any atom is -0.469 e. The zero-order valence-corrected chi connectivity index (χ0v) is 12.3. The van der Waals surface area contributed by atoms with Crippen LogP contribution in [-0.2, 0) is 14.3 Å². The summed E-state index contributed by atoms with van der Waals surface area (Å²) in [5.41, 5.74) is -0.0694. The van der Waals surface area contributed by atoms with E-state index in [2.05, 4.69) is 10.1 Å². The Balaban J connectivity index is 1.51. The van der Waals surface area contributed by atoms with Gasteiger partial charge in [0.05, 0.1) is 7.11 Å². The Kier molecular flexibility index (Phi) is 3.74. The highest BCUT2D eigenvalue weighted by molar-refractivity contribution is 5.83. The molecule has 0 atom stereocenters. The van der Waals surface area contributed by atoms with Gasteiger partial charge in [-0.3, -0.25) is 9.59 Å². The largest absolute Gasteiger partial charge is 0.469 e. The number of hydrogen-bond donors (Lipinski definition) is 1. The van der Waals surface area contributed by atoms with Gasteiger partial charge in [-0.15, -0.1) is 0 Å². The van der Waals surface area contributed by atoms with Crippen LogP contribution in [0.15, 0.2) is 0 Å². The lowest BCUT2D eigenvalue weighted by molar-refractivity contribution is -0.146. The van der Waals surface area contributed by atoms with Gasteiger partial charge >= 0.3 is 5.97 Å². The lowest BCUT2D eigenvalue weighted by Crippen LogP contribution is -2.53. The molecule has 0 aromatic carbocycles. The Morgan fingerprint density at radius 3 is 2.15 bits per heavy atom. The van der Waals surface area contributed by atoms with Crippen molar-refractivity contribution in [1.82, 2.24) is 5.32 Å². The lowest BCUT2D eigenvalue weighted by atomic mass is 9.49. The molecule has 0 aromatic rings. The van der Waals surface area contributed by atoms with Crippen LogP contribution in [0, 0.1) is 23.2 Å². The van der Waals surface area contributed by atoms with E-state index < -0.39 is 0 Å². The molecule has 0 spiro atoms. The molecule has 20 heavy (non-hydrogen) atoms. The minimum atomic E-state index is -0.200. The summed E-state index contributed by atoms with van der Waals surface area (Å²) in [4.78, 5) is 23.6. The molecule has 4 saturated carbocycles. The second-order valence-electron chi connectivity index (χ2n) is 7.13. The van der Waals surface area contributed by atoms with Crippen LogP contribution in [0.25, 0.3) is 0 Å². The van der Waals surface area contributed by atoms with E-state index in [1.54, 1.807) is 0 Å². The Hall–Kier alpha value is -1.06. The molecule has 4 fully saturated rings. The quantitative estimate of drug-likeness (QED) is 0.620. The van der Waals surface area contributed by atoms with Crippen molar-refractivity contribution in [3.63, 3.8) is 0 Å². The van der Waals surface area contributed by atoms with Crippen LogP contribution in [-0.4, -0.2) is 25.5 Å². The fourth-order valence-electron chi connectivity index (χ4n) is 5.11. The molecular weight excluding hydrogens is 254 g/mol. The van der Waals surface area contributed by atoms with Gasteiger partial charge in [-0.2, -0.15) is 0 Å². The van der Waals surface area contributed by atoms with Crippen molar-refractivity contribution in [2.45, 2.75) is 51.4 Å². The van der Waals surface area contributed by atoms with Crippen LogP contribution in [0.3, 0.4) is 0 Å². The lowest BCUT2D eigenvalue weighted by Gasteiger charge is -2.55. The number of carbonyl (C=O) groups excluding carboxylic acids is 2. The van der Waals surface area contributed by atoms with E-state index in [-0.39, 0.29) is 17.3 Å². The van der Waals surface area contributed by atoms with E-state index in [1.807, 2.05) is 0 Å². The SMILES string of the molecule is COC(=O)CCCNC(=O)C12CC3CC(CC(C3)C1)C2. The van der Waals surface area contributed by atoms with Gasteiger partial charge < -0.3 is 10.1 Å². The second-order valence-corrected chi connectivity index (χ2v) is 7.13. The normalized spacial score (nSPS) is 37.8. The van der Waals surface area contributed by atoms with Gasteiger partial charge in [0.2, 0.25) is 5.91 Å². The van der Waals surface area contributed by atoms with Crippen LogP contribution < -0.4 is 5.32 Å². The van der Waals surface area contributed by atoms with Crippen LogP contribution in [0.1, 0.15) is 51.4 Å². The monoisotopic (exact) mass is 279 g/mol. The van der Waals surface area contributed by atoms with Gasteiger partial charge in [0, 0.05) is 18.4 Å². The third kappa shape index (κ3) is 2.57. The number of ether oxygens (including phenoxy) is 1. The highest BCUT2D eigenvalue weighted by Crippen LogP contribution is 2.60. The summed E-state index contributed by atoms with van der Waals surface area (Å²) >= 11 is 0. The van der Waals surface area contributed by atoms with Crippen LogP contribution in [0.5, 0.6) is 0 Å². The van der Waals surface area contributed by atoms with E-state index in [1.165, 1.54) is 26.4 Å². The zero-order chi connectivity index (χ0) is 14.2. The Morgan fingerprint density at radius 2 is 1.65 bits per heavy atom. The standard InChI is InChI=1S/C16H25NO3/c1-20-14(18)3-2-4-17-15(19)16-8-11-5-12(9-16)7-13(6-11)10-16/h11-13H,2-10H2,1H3,(H,17,19). The number of nitrogens with one attached hydrogen (secondary N) is 1. The van der Waals surface area contributed by atoms with Crippen molar-refractivity contribution < 1.29 is 14.3 Å². The van der Waals surface area contributed by atoms with Crippen molar-refractivity contribution in [1.29, 1.82) is 0 Å². The van der Waals surface area contributed by atoms with Gasteiger partial charge in [0.1, 0.15) is 0 Å². The van der Waals surface area contributed by atoms with Gasteiger partial charge in [0.15, 0.2) is 0 Å². The number of carbonyl (C=O) groups is 2. The first kappa shape index (κ1) is 13.9. The van der Waals surface area contributed by atoms with Crippen molar-refractivity contribution in [3.05, 3.63) is 0 Å². The molecule has 4 heteroatoms. The predicted molar refractivity (Wildman–Crippen MR) is 74.9 cm³/mol. The highest BCUT2D eigenvalue weighted by Gasteiger charge is 2.54. The molecule has 0 aromatic heterocycles. The fraction of sp³-hybridized carbons (Fsp3) is 0.875. The molecule has 0 saturated heterocycles.